The Morgan fingerprint density at radius 1 is 1.37 bits per heavy atom. The molecule has 2 saturated heterocycles. The van der Waals surface area contributed by atoms with Crippen molar-refractivity contribution in [1.29, 1.82) is 0 Å². The number of rotatable bonds is 2. The molecule has 0 saturated carbocycles. The van der Waals surface area contributed by atoms with Crippen molar-refractivity contribution in [2.24, 2.45) is 11.8 Å². The highest BCUT2D eigenvalue weighted by Crippen LogP contribution is 2.40. The van der Waals surface area contributed by atoms with Crippen molar-refractivity contribution in [2.75, 3.05) is 0 Å². The smallest absolute Gasteiger partial charge is 0.341 e. The van der Waals surface area contributed by atoms with Crippen molar-refractivity contribution in [3.63, 3.8) is 0 Å². The SMILES string of the molecule is C=C1C(=O)O[C@H]2/C=C(\C)CC[C@H](O)[C@H](C)C(=O)[C@H](OC(=O)[C@]3(C)O[C@@H]3C)[C@@H]12. The maximum absolute atomic E-state index is 13.1. The van der Waals surface area contributed by atoms with Gasteiger partial charge in [-0.05, 0) is 39.7 Å². The van der Waals surface area contributed by atoms with Crippen LogP contribution in [0.3, 0.4) is 0 Å². The molecule has 7 atom stereocenters. The monoisotopic (exact) mass is 378 g/mol. The number of carbonyl (C=O) groups is 3. The molecule has 2 heterocycles. The second-order valence-electron chi connectivity index (χ2n) is 7.92. The standard InChI is InChI=1S/C20H26O7/c1-9-6-7-13(21)10(2)16(22)17(26-19(24)20(5)12(4)27-20)15-11(3)18(23)25-14(15)8-9/h8,10,12-15,17,21H,3,6-7H2,1-2,4-5H3/b9-8+/t10-,12+,13-,14-,15-,17+,20+/m0/s1. The van der Waals surface area contributed by atoms with Crippen LogP contribution in [0.2, 0.25) is 0 Å². The number of hydrogen-bond acceptors (Lipinski definition) is 7. The predicted octanol–water partition coefficient (Wildman–Crippen LogP) is 1.48. The molecule has 3 rings (SSSR count). The molecule has 0 radical (unpaired) electrons. The van der Waals surface area contributed by atoms with Crippen LogP contribution < -0.4 is 0 Å². The number of epoxide rings is 1. The average molecular weight is 378 g/mol. The third kappa shape index (κ3) is 3.46. The van der Waals surface area contributed by atoms with E-state index in [2.05, 4.69) is 6.58 Å². The minimum absolute atomic E-state index is 0.0902. The summed E-state index contributed by atoms with van der Waals surface area (Å²) in [5, 5.41) is 10.4. The van der Waals surface area contributed by atoms with E-state index in [1.54, 1.807) is 26.8 Å². The lowest BCUT2D eigenvalue weighted by Gasteiger charge is -2.30. The van der Waals surface area contributed by atoms with Crippen LogP contribution >= 0.6 is 0 Å². The molecule has 2 fully saturated rings. The number of carbonyl (C=O) groups excluding carboxylic acids is 3. The van der Waals surface area contributed by atoms with Gasteiger partial charge in [-0.3, -0.25) is 4.79 Å². The van der Waals surface area contributed by atoms with Gasteiger partial charge in [0, 0.05) is 11.5 Å². The van der Waals surface area contributed by atoms with Crippen LogP contribution in [-0.4, -0.2) is 52.8 Å². The van der Waals surface area contributed by atoms with Crippen molar-refractivity contribution in [3.8, 4) is 0 Å². The number of fused-ring (bicyclic) bond motifs is 1. The number of ether oxygens (including phenoxy) is 3. The molecule has 27 heavy (non-hydrogen) atoms. The Bertz CT molecular complexity index is 724. The number of Topliss-reactive ketones (excluding diaryl/α,β-unsaturated/α-hetero) is 1. The molecule has 0 aromatic rings. The molecule has 0 bridgehead atoms. The Labute approximate surface area is 158 Å². The highest BCUT2D eigenvalue weighted by Gasteiger charge is 2.59. The third-order valence-corrected chi connectivity index (χ3v) is 5.96. The van der Waals surface area contributed by atoms with Crippen molar-refractivity contribution >= 4 is 17.7 Å². The van der Waals surface area contributed by atoms with E-state index in [0.717, 1.165) is 5.57 Å². The normalized spacial score (nSPS) is 44.0. The Balaban J connectivity index is 1.99. The zero-order chi connectivity index (χ0) is 20.1. The van der Waals surface area contributed by atoms with Crippen LogP contribution in [0, 0.1) is 11.8 Å². The van der Waals surface area contributed by atoms with Gasteiger partial charge in [0.05, 0.1) is 18.1 Å². The molecule has 7 nitrogen and oxygen atoms in total. The van der Waals surface area contributed by atoms with Crippen molar-refractivity contribution < 1.29 is 33.7 Å². The van der Waals surface area contributed by atoms with Crippen LogP contribution in [-0.2, 0) is 28.6 Å². The highest BCUT2D eigenvalue weighted by atomic mass is 16.7. The van der Waals surface area contributed by atoms with Gasteiger partial charge in [-0.15, -0.1) is 0 Å². The van der Waals surface area contributed by atoms with Gasteiger partial charge in [0.2, 0.25) is 0 Å². The molecule has 0 unspecified atom stereocenters. The number of ketones is 1. The van der Waals surface area contributed by atoms with Crippen LogP contribution in [0.4, 0.5) is 0 Å². The molecule has 0 aromatic carbocycles. The molecular weight excluding hydrogens is 352 g/mol. The maximum Gasteiger partial charge on any atom is 0.341 e. The largest absolute Gasteiger partial charge is 0.454 e. The lowest BCUT2D eigenvalue weighted by Crippen LogP contribution is -2.46. The van der Waals surface area contributed by atoms with Gasteiger partial charge in [-0.2, -0.15) is 0 Å². The number of aliphatic hydroxyl groups is 1. The van der Waals surface area contributed by atoms with Crippen LogP contribution in [0.25, 0.3) is 0 Å². The summed E-state index contributed by atoms with van der Waals surface area (Å²) >= 11 is 0. The van der Waals surface area contributed by atoms with E-state index >= 15 is 0 Å². The zero-order valence-corrected chi connectivity index (χ0v) is 16.1. The van der Waals surface area contributed by atoms with Crippen molar-refractivity contribution in [2.45, 2.75) is 70.6 Å². The Kier molecular flexibility index (Phi) is 5.03. The molecular formula is C20H26O7. The molecule has 7 heteroatoms. The van der Waals surface area contributed by atoms with E-state index in [4.69, 9.17) is 14.2 Å². The fraction of sp³-hybridized carbons (Fsp3) is 0.650. The first-order valence-electron chi connectivity index (χ1n) is 9.24. The van der Waals surface area contributed by atoms with Crippen LogP contribution in [0.15, 0.2) is 23.8 Å². The van der Waals surface area contributed by atoms with Crippen molar-refractivity contribution in [3.05, 3.63) is 23.8 Å². The summed E-state index contributed by atoms with van der Waals surface area (Å²) in [6.45, 7) is 10.6. The summed E-state index contributed by atoms with van der Waals surface area (Å²) in [7, 11) is 0. The molecule has 0 amide bonds. The minimum atomic E-state index is -1.28. The number of aliphatic hydroxyl groups excluding tert-OH is 1. The number of esters is 2. The second kappa shape index (κ2) is 6.87. The van der Waals surface area contributed by atoms with E-state index in [0.29, 0.717) is 12.8 Å². The fourth-order valence-corrected chi connectivity index (χ4v) is 3.63. The van der Waals surface area contributed by atoms with E-state index < -0.39 is 53.5 Å². The van der Waals surface area contributed by atoms with Gasteiger partial charge in [-0.25, -0.2) is 9.59 Å². The average Bonchev–Trinajstić information content (AvgIpc) is 3.14. The van der Waals surface area contributed by atoms with E-state index in [-0.39, 0.29) is 11.7 Å². The number of hydrogen-bond donors (Lipinski definition) is 1. The van der Waals surface area contributed by atoms with Gasteiger partial charge in [0.1, 0.15) is 6.10 Å². The summed E-state index contributed by atoms with van der Waals surface area (Å²) in [4.78, 5) is 37.8. The van der Waals surface area contributed by atoms with Crippen LogP contribution in [0.5, 0.6) is 0 Å². The molecule has 0 aromatic heterocycles. The Morgan fingerprint density at radius 3 is 2.59 bits per heavy atom. The number of allylic oxidation sites excluding steroid dienone is 1. The summed E-state index contributed by atoms with van der Waals surface area (Å²) in [5.41, 5.74) is -0.0968. The minimum Gasteiger partial charge on any atom is -0.454 e. The first-order valence-corrected chi connectivity index (χ1v) is 9.24. The van der Waals surface area contributed by atoms with Gasteiger partial charge >= 0.3 is 11.9 Å². The van der Waals surface area contributed by atoms with Crippen molar-refractivity contribution in [1.82, 2.24) is 0 Å². The Morgan fingerprint density at radius 2 is 2.00 bits per heavy atom. The van der Waals surface area contributed by atoms with E-state index in [9.17, 15) is 19.5 Å². The van der Waals surface area contributed by atoms with Gasteiger partial charge in [0.15, 0.2) is 17.5 Å². The summed E-state index contributed by atoms with van der Waals surface area (Å²) in [5.74, 6) is -3.32. The van der Waals surface area contributed by atoms with Gasteiger partial charge < -0.3 is 19.3 Å². The molecule has 2 aliphatic heterocycles. The quantitative estimate of drug-likeness (QED) is 0.336. The lowest BCUT2D eigenvalue weighted by molar-refractivity contribution is -0.165. The van der Waals surface area contributed by atoms with Crippen LogP contribution in [0.1, 0.15) is 40.5 Å². The first-order chi connectivity index (χ1) is 12.6. The fourth-order valence-electron chi connectivity index (χ4n) is 3.63. The lowest BCUT2D eigenvalue weighted by atomic mass is 9.80. The van der Waals surface area contributed by atoms with E-state index in [1.807, 2.05) is 6.92 Å². The third-order valence-electron chi connectivity index (χ3n) is 5.96. The molecule has 3 aliphatic rings. The topological polar surface area (TPSA) is 102 Å². The summed E-state index contributed by atoms with van der Waals surface area (Å²) < 4.78 is 16.2. The van der Waals surface area contributed by atoms with Gasteiger partial charge in [-0.1, -0.05) is 19.1 Å². The molecule has 1 aliphatic carbocycles. The zero-order valence-electron chi connectivity index (χ0n) is 16.1. The predicted molar refractivity (Wildman–Crippen MR) is 94.5 cm³/mol. The maximum atomic E-state index is 13.1. The molecule has 1 N–H and O–H groups in total. The molecule has 148 valence electrons. The second-order valence-corrected chi connectivity index (χ2v) is 7.92. The van der Waals surface area contributed by atoms with Gasteiger partial charge in [0.25, 0.3) is 0 Å². The van der Waals surface area contributed by atoms with E-state index in [1.165, 1.54) is 0 Å². The highest BCUT2D eigenvalue weighted by molar-refractivity contribution is 5.96. The Hall–Kier alpha value is -1.99. The molecule has 0 spiro atoms. The summed E-state index contributed by atoms with van der Waals surface area (Å²) in [6.07, 6.45) is -0.502. The summed E-state index contributed by atoms with van der Waals surface area (Å²) in [6, 6.07) is 0. The first kappa shape index (κ1) is 19.8.